The van der Waals surface area contributed by atoms with Crippen LogP contribution in [0.2, 0.25) is 0 Å². The van der Waals surface area contributed by atoms with Crippen LogP contribution in [0.25, 0.3) is 10.2 Å². The predicted octanol–water partition coefficient (Wildman–Crippen LogP) is 3.09. The van der Waals surface area contributed by atoms with Gasteiger partial charge in [0, 0.05) is 18.0 Å². The molecule has 2 aromatic carbocycles. The third-order valence-electron chi connectivity index (χ3n) is 3.46. The molecular weight excluding hydrogens is 342 g/mol. The van der Waals surface area contributed by atoms with E-state index < -0.39 is 6.23 Å². The summed E-state index contributed by atoms with van der Waals surface area (Å²) in [5.41, 5.74) is 8.56. The van der Waals surface area contributed by atoms with Crippen LogP contribution in [0.5, 0.6) is 5.75 Å². The number of nitrogens with zero attached hydrogens (tertiary/aromatic N) is 1. The van der Waals surface area contributed by atoms with Crippen LogP contribution in [0.1, 0.15) is 5.56 Å². The molecule has 5 nitrogen and oxygen atoms in total. The smallest absolute Gasteiger partial charge is 0.151 e. The van der Waals surface area contributed by atoms with Crippen molar-refractivity contribution in [2.75, 3.05) is 18.6 Å². The van der Waals surface area contributed by atoms with Crippen molar-refractivity contribution >= 4 is 39.0 Å². The number of methoxy groups -OCH3 is 1. The Morgan fingerprint density at radius 3 is 2.83 bits per heavy atom. The fraction of sp³-hybridized carbons (Fsp3) is 0.235. The van der Waals surface area contributed by atoms with Gasteiger partial charge in [-0.25, -0.2) is 4.98 Å². The number of aliphatic hydroxyl groups is 1. The van der Waals surface area contributed by atoms with Crippen LogP contribution in [0.3, 0.4) is 0 Å². The highest BCUT2D eigenvalue weighted by Crippen LogP contribution is 2.30. The number of thiazole rings is 1. The molecule has 126 valence electrons. The molecule has 0 aliphatic heterocycles. The number of fused-ring (bicyclic) bond motifs is 1. The molecule has 3 rings (SSSR count). The van der Waals surface area contributed by atoms with E-state index in [0.29, 0.717) is 12.3 Å². The average molecular weight is 361 g/mol. The van der Waals surface area contributed by atoms with Crippen molar-refractivity contribution in [1.29, 1.82) is 0 Å². The monoisotopic (exact) mass is 361 g/mol. The number of hydrogen-bond acceptors (Lipinski definition) is 7. The lowest BCUT2D eigenvalue weighted by Gasteiger charge is -2.12. The number of hydrogen-bond donors (Lipinski definition) is 3. The zero-order chi connectivity index (χ0) is 16.9. The summed E-state index contributed by atoms with van der Waals surface area (Å²) in [6.07, 6.45) is -0.603. The van der Waals surface area contributed by atoms with Gasteiger partial charge in [0.15, 0.2) is 4.34 Å². The van der Waals surface area contributed by atoms with E-state index in [0.717, 1.165) is 31.6 Å². The second-order valence-electron chi connectivity index (χ2n) is 5.26. The van der Waals surface area contributed by atoms with Crippen molar-refractivity contribution in [1.82, 2.24) is 10.3 Å². The van der Waals surface area contributed by atoms with Gasteiger partial charge in [0.25, 0.3) is 0 Å². The molecular formula is C17H19N3O2S2. The summed E-state index contributed by atoms with van der Waals surface area (Å²) in [6.45, 7) is 0.599. The van der Waals surface area contributed by atoms with Crippen LogP contribution < -0.4 is 15.8 Å². The number of benzene rings is 2. The maximum absolute atomic E-state index is 10.1. The van der Waals surface area contributed by atoms with Crippen molar-refractivity contribution in [3.63, 3.8) is 0 Å². The highest BCUT2D eigenvalue weighted by atomic mass is 32.2. The molecule has 4 N–H and O–H groups in total. The minimum absolute atomic E-state index is 0.533. The number of anilines is 1. The lowest BCUT2D eigenvalue weighted by molar-refractivity contribution is 0.159. The van der Waals surface area contributed by atoms with Gasteiger partial charge in [0.1, 0.15) is 12.0 Å². The third kappa shape index (κ3) is 4.39. The Morgan fingerprint density at radius 1 is 1.29 bits per heavy atom. The van der Waals surface area contributed by atoms with Gasteiger partial charge in [-0.2, -0.15) is 0 Å². The van der Waals surface area contributed by atoms with Gasteiger partial charge in [0.2, 0.25) is 0 Å². The molecule has 3 aromatic rings. The molecule has 0 aliphatic carbocycles. The zero-order valence-electron chi connectivity index (χ0n) is 13.2. The first-order valence-electron chi connectivity index (χ1n) is 7.47. The second kappa shape index (κ2) is 7.85. The van der Waals surface area contributed by atoms with E-state index >= 15 is 0 Å². The second-order valence-corrected chi connectivity index (χ2v) is 7.56. The van der Waals surface area contributed by atoms with Crippen LogP contribution in [-0.4, -0.2) is 29.2 Å². The van der Waals surface area contributed by atoms with E-state index in [1.54, 1.807) is 18.4 Å². The Hall–Kier alpha value is -1.80. The summed E-state index contributed by atoms with van der Waals surface area (Å²) in [5.74, 6) is 1.36. The quantitative estimate of drug-likeness (QED) is 0.341. The zero-order valence-corrected chi connectivity index (χ0v) is 14.9. The summed E-state index contributed by atoms with van der Waals surface area (Å²) >= 11 is 3.13. The molecule has 0 fully saturated rings. The molecule has 0 spiro atoms. The molecule has 1 atom stereocenters. The molecule has 0 saturated heterocycles. The van der Waals surface area contributed by atoms with Crippen LogP contribution in [-0.2, 0) is 6.54 Å². The van der Waals surface area contributed by atoms with E-state index in [2.05, 4.69) is 10.3 Å². The summed E-state index contributed by atoms with van der Waals surface area (Å²) < 4.78 is 7.13. The van der Waals surface area contributed by atoms with E-state index in [1.807, 2.05) is 42.5 Å². The Balaban J connectivity index is 1.49. The predicted molar refractivity (Wildman–Crippen MR) is 101 cm³/mol. The Bertz CT molecular complexity index is 805. The molecule has 0 amide bonds. The summed E-state index contributed by atoms with van der Waals surface area (Å²) in [4.78, 5) is 4.54. The first kappa shape index (κ1) is 17.0. The standard InChI is InChI=1S/C17H19N3O2S2/c1-22-13-5-2-11(3-6-13)9-19-16(21)10-23-17-20-14-7-4-12(18)8-15(14)24-17/h2-8,16,19,21H,9-10,18H2,1H3. The van der Waals surface area contributed by atoms with Crippen LogP contribution in [0.15, 0.2) is 46.8 Å². The molecule has 0 saturated carbocycles. The van der Waals surface area contributed by atoms with E-state index in [-0.39, 0.29) is 0 Å². The molecule has 0 aliphatic rings. The Morgan fingerprint density at radius 2 is 2.08 bits per heavy atom. The SMILES string of the molecule is COc1ccc(CNC(O)CSc2nc3ccc(N)cc3s2)cc1. The minimum Gasteiger partial charge on any atom is -0.497 e. The number of aliphatic hydroxyl groups excluding tert-OH is 1. The van der Waals surface area contributed by atoms with Crippen molar-refractivity contribution in [3.8, 4) is 5.75 Å². The van der Waals surface area contributed by atoms with Gasteiger partial charge in [-0.05, 0) is 35.9 Å². The molecule has 7 heteroatoms. The topological polar surface area (TPSA) is 80.4 Å². The largest absolute Gasteiger partial charge is 0.497 e. The summed E-state index contributed by atoms with van der Waals surface area (Å²) in [5, 5.41) is 13.2. The third-order valence-corrected chi connectivity index (χ3v) is 5.70. The van der Waals surface area contributed by atoms with Gasteiger partial charge in [0.05, 0.1) is 17.3 Å². The highest BCUT2D eigenvalue weighted by Gasteiger charge is 2.09. The van der Waals surface area contributed by atoms with Crippen molar-refractivity contribution < 1.29 is 9.84 Å². The number of nitrogens with two attached hydrogens (primary N) is 1. The number of rotatable bonds is 7. The maximum atomic E-state index is 10.1. The summed E-state index contributed by atoms with van der Waals surface area (Å²) in [7, 11) is 1.64. The number of aromatic nitrogens is 1. The van der Waals surface area contributed by atoms with Crippen molar-refractivity contribution in [3.05, 3.63) is 48.0 Å². The molecule has 1 heterocycles. The molecule has 1 unspecified atom stereocenters. The van der Waals surface area contributed by atoms with E-state index in [4.69, 9.17) is 10.5 Å². The van der Waals surface area contributed by atoms with Gasteiger partial charge in [-0.1, -0.05) is 23.9 Å². The lowest BCUT2D eigenvalue weighted by atomic mass is 10.2. The summed E-state index contributed by atoms with van der Waals surface area (Å²) in [6, 6.07) is 13.5. The number of thioether (sulfide) groups is 1. The maximum Gasteiger partial charge on any atom is 0.151 e. The first-order valence-corrected chi connectivity index (χ1v) is 9.27. The van der Waals surface area contributed by atoms with Crippen LogP contribution >= 0.6 is 23.1 Å². The first-order chi connectivity index (χ1) is 11.6. The Kier molecular flexibility index (Phi) is 5.57. The fourth-order valence-corrected chi connectivity index (χ4v) is 4.21. The minimum atomic E-state index is -0.603. The molecule has 1 aromatic heterocycles. The average Bonchev–Trinajstić information content (AvgIpc) is 3.00. The number of ether oxygens (including phenoxy) is 1. The van der Waals surface area contributed by atoms with E-state index in [9.17, 15) is 5.11 Å². The molecule has 0 bridgehead atoms. The normalized spacial score (nSPS) is 12.4. The van der Waals surface area contributed by atoms with Crippen LogP contribution in [0.4, 0.5) is 5.69 Å². The van der Waals surface area contributed by atoms with Crippen LogP contribution in [0, 0.1) is 0 Å². The van der Waals surface area contributed by atoms with Crippen molar-refractivity contribution in [2.24, 2.45) is 0 Å². The highest BCUT2D eigenvalue weighted by molar-refractivity contribution is 8.01. The fourth-order valence-electron chi connectivity index (χ4n) is 2.17. The molecule has 24 heavy (non-hydrogen) atoms. The van der Waals surface area contributed by atoms with Gasteiger partial charge in [-0.3, -0.25) is 5.32 Å². The van der Waals surface area contributed by atoms with Crippen molar-refractivity contribution in [2.45, 2.75) is 17.1 Å². The lowest BCUT2D eigenvalue weighted by Crippen LogP contribution is -2.30. The Labute approximate surface area is 148 Å². The van der Waals surface area contributed by atoms with E-state index in [1.165, 1.54) is 11.8 Å². The van der Waals surface area contributed by atoms with Gasteiger partial charge >= 0.3 is 0 Å². The van der Waals surface area contributed by atoms with Gasteiger partial charge in [-0.15, -0.1) is 11.3 Å². The number of nitrogen functional groups attached to an aromatic ring is 1. The van der Waals surface area contributed by atoms with Gasteiger partial charge < -0.3 is 15.6 Å². The number of nitrogens with one attached hydrogen (secondary N) is 1. The molecule has 0 radical (unpaired) electrons.